The Balaban J connectivity index is 1.67. The van der Waals surface area contributed by atoms with Gasteiger partial charge in [-0.05, 0) is 50.4 Å². The lowest BCUT2D eigenvalue weighted by Crippen LogP contribution is -2.22. The van der Waals surface area contributed by atoms with E-state index >= 15 is 0 Å². The summed E-state index contributed by atoms with van der Waals surface area (Å²) in [5.74, 6) is 2.11. The summed E-state index contributed by atoms with van der Waals surface area (Å²) >= 11 is 0. The van der Waals surface area contributed by atoms with E-state index in [1.807, 2.05) is 0 Å². The second-order valence-electron chi connectivity index (χ2n) is 5.87. The number of anilines is 1. The van der Waals surface area contributed by atoms with Crippen LogP contribution in [0.2, 0.25) is 0 Å². The Bertz CT molecular complexity index is 435. The minimum absolute atomic E-state index is 0.328. The summed E-state index contributed by atoms with van der Waals surface area (Å²) in [7, 11) is 0. The van der Waals surface area contributed by atoms with Gasteiger partial charge in [0.05, 0.1) is 0 Å². The van der Waals surface area contributed by atoms with Crippen LogP contribution < -0.4 is 5.32 Å². The van der Waals surface area contributed by atoms with Crippen LogP contribution in [0.1, 0.15) is 43.4 Å². The summed E-state index contributed by atoms with van der Waals surface area (Å²) < 4.78 is 0. The first-order valence-corrected chi connectivity index (χ1v) is 7.56. The molecule has 4 heteroatoms. The Kier molecular flexibility index (Phi) is 3.97. The fourth-order valence-corrected chi connectivity index (χ4v) is 3.52. The van der Waals surface area contributed by atoms with Crippen LogP contribution in [-0.2, 0) is 12.8 Å². The summed E-state index contributed by atoms with van der Waals surface area (Å²) in [6.07, 6.45) is 10.0. The molecule has 1 aromatic rings. The molecule has 0 amide bonds. The third-order valence-corrected chi connectivity index (χ3v) is 4.71. The Morgan fingerprint density at radius 2 is 1.95 bits per heavy atom. The van der Waals surface area contributed by atoms with E-state index in [0.29, 0.717) is 18.4 Å². The van der Waals surface area contributed by atoms with Gasteiger partial charge >= 0.3 is 0 Å². The van der Waals surface area contributed by atoms with Crippen LogP contribution in [0.5, 0.6) is 0 Å². The van der Waals surface area contributed by atoms with Crippen molar-refractivity contribution in [3.05, 3.63) is 17.6 Å². The van der Waals surface area contributed by atoms with E-state index in [2.05, 4.69) is 15.3 Å². The van der Waals surface area contributed by atoms with E-state index in [1.54, 1.807) is 6.33 Å². The van der Waals surface area contributed by atoms with Crippen LogP contribution in [0.15, 0.2) is 6.33 Å². The topological polar surface area (TPSA) is 58.0 Å². The van der Waals surface area contributed by atoms with Gasteiger partial charge in [-0.1, -0.05) is 6.42 Å². The molecule has 1 fully saturated rings. The molecule has 4 nitrogen and oxygen atoms in total. The van der Waals surface area contributed by atoms with Gasteiger partial charge in [0.2, 0.25) is 0 Å². The molecule has 0 aliphatic heterocycles. The van der Waals surface area contributed by atoms with E-state index in [1.165, 1.54) is 43.4 Å². The highest BCUT2D eigenvalue weighted by Crippen LogP contribution is 2.32. The Morgan fingerprint density at radius 1 is 1.11 bits per heavy atom. The molecule has 0 saturated heterocycles. The maximum Gasteiger partial charge on any atom is 0.132 e. The number of aryl methyl sites for hydroxylation is 1. The van der Waals surface area contributed by atoms with Gasteiger partial charge in [0.25, 0.3) is 0 Å². The zero-order chi connectivity index (χ0) is 13.1. The smallest absolute Gasteiger partial charge is 0.132 e. The third kappa shape index (κ3) is 2.73. The largest absolute Gasteiger partial charge is 0.396 e. The summed E-state index contributed by atoms with van der Waals surface area (Å²) in [4.78, 5) is 8.82. The zero-order valence-electron chi connectivity index (χ0n) is 11.4. The first-order valence-electron chi connectivity index (χ1n) is 7.56. The lowest BCUT2D eigenvalue weighted by Gasteiger charge is -2.21. The van der Waals surface area contributed by atoms with Crippen LogP contribution in [0.25, 0.3) is 0 Å². The van der Waals surface area contributed by atoms with Gasteiger partial charge in [-0.2, -0.15) is 0 Å². The maximum atomic E-state index is 9.37. The van der Waals surface area contributed by atoms with Crippen molar-refractivity contribution in [1.29, 1.82) is 0 Å². The minimum atomic E-state index is 0.328. The van der Waals surface area contributed by atoms with Crippen LogP contribution in [0.3, 0.4) is 0 Å². The Hall–Kier alpha value is -1.16. The minimum Gasteiger partial charge on any atom is -0.396 e. The molecular formula is C15H23N3O. The molecule has 2 aliphatic rings. The van der Waals surface area contributed by atoms with Crippen molar-refractivity contribution in [1.82, 2.24) is 9.97 Å². The number of aliphatic hydroxyl groups excluding tert-OH is 1. The fourth-order valence-electron chi connectivity index (χ4n) is 3.52. The Morgan fingerprint density at radius 3 is 2.84 bits per heavy atom. The van der Waals surface area contributed by atoms with E-state index in [9.17, 15) is 5.11 Å². The van der Waals surface area contributed by atoms with Gasteiger partial charge < -0.3 is 10.4 Å². The van der Waals surface area contributed by atoms with Crippen LogP contribution >= 0.6 is 0 Å². The quantitative estimate of drug-likeness (QED) is 0.872. The summed E-state index contributed by atoms with van der Waals surface area (Å²) in [5.41, 5.74) is 2.56. The standard InChI is InChI=1S/C15H23N3O/c19-9-12-5-3-4-11(12)8-16-15-13-6-1-2-7-14(13)17-10-18-15/h10-12,19H,1-9H2,(H,16,17,18). The predicted molar refractivity (Wildman–Crippen MR) is 75.1 cm³/mol. The zero-order valence-corrected chi connectivity index (χ0v) is 11.4. The second-order valence-corrected chi connectivity index (χ2v) is 5.87. The highest BCUT2D eigenvalue weighted by molar-refractivity contribution is 5.47. The normalized spacial score (nSPS) is 26.2. The molecule has 0 bridgehead atoms. The number of hydrogen-bond donors (Lipinski definition) is 2. The van der Waals surface area contributed by atoms with Crippen molar-refractivity contribution in [3.63, 3.8) is 0 Å². The predicted octanol–water partition coefficient (Wildman–Crippen LogP) is 2.18. The average molecular weight is 261 g/mol. The molecule has 1 saturated carbocycles. The molecule has 0 aromatic carbocycles. The summed E-state index contributed by atoms with van der Waals surface area (Å²) in [5, 5.41) is 12.9. The molecular weight excluding hydrogens is 238 g/mol. The first-order chi connectivity index (χ1) is 9.38. The van der Waals surface area contributed by atoms with Crippen molar-refractivity contribution in [3.8, 4) is 0 Å². The summed E-state index contributed by atoms with van der Waals surface area (Å²) in [6.45, 7) is 1.27. The fraction of sp³-hybridized carbons (Fsp3) is 0.733. The van der Waals surface area contributed by atoms with Gasteiger partial charge in [-0.25, -0.2) is 9.97 Å². The Labute approximate surface area is 114 Å². The van der Waals surface area contributed by atoms with Gasteiger partial charge in [0, 0.05) is 24.4 Å². The van der Waals surface area contributed by atoms with Crippen molar-refractivity contribution >= 4 is 5.82 Å². The van der Waals surface area contributed by atoms with Crippen molar-refractivity contribution in [2.45, 2.75) is 44.9 Å². The number of nitrogens with one attached hydrogen (secondary N) is 1. The van der Waals surface area contributed by atoms with Crippen LogP contribution in [0.4, 0.5) is 5.82 Å². The van der Waals surface area contributed by atoms with Gasteiger partial charge in [0.15, 0.2) is 0 Å². The third-order valence-electron chi connectivity index (χ3n) is 4.71. The highest BCUT2D eigenvalue weighted by Gasteiger charge is 2.26. The molecule has 2 aliphatic carbocycles. The molecule has 2 N–H and O–H groups in total. The van der Waals surface area contributed by atoms with Crippen molar-refractivity contribution in [2.24, 2.45) is 11.8 Å². The number of rotatable bonds is 4. The lowest BCUT2D eigenvalue weighted by atomic mass is 9.95. The highest BCUT2D eigenvalue weighted by atomic mass is 16.3. The molecule has 19 heavy (non-hydrogen) atoms. The molecule has 2 unspecified atom stereocenters. The molecule has 0 radical (unpaired) electrons. The molecule has 1 aromatic heterocycles. The van der Waals surface area contributed by atoms with Gasteiger partial charge in [0.1, 0.15) is 12.1 Å². The van der Waals surface area contributed by atoms with E-state index < -0.39 is 0 Å². The van der Waals surface area contributed by atoms with E-state index in [0.717, 1.165) is 25.2 Å². The molecule has 3 rings (SSSR count). The number of fused-ring (bicyclic) bond motifs is 1. The lowest BCUT2D eigenvalue weighted by molar-refractivity contribution is 0.199. The molecule has 0 spiro atoms. The number of aliphatic hydroxyl groups is 1. The summed E-state index contributed by atoms with van der Waals surface area (Å²) in [6, 6.07) is 0. The SMILES string of the molecule is OCC1CCCC1CNc1ncnc2c1CCCC2. The van der Waals surface area contributed by atoms with Crippen LogP contribution in [0, 0.1) is 11.8 Å². The van der Waals surface area contributed by atoms with E-state index in [-0.39, 0.29) is 0 Å². The average Bonchev–Trinajstić information content (AvgIpc) is 2.92. The number of aromatic nitrogens is 2. The number of hydrogen-bond acceptors (Lipinski definition) is 4. The van der Waals surface area contributed by atoms with Gasteiger partial charge in [-0.15, -0.1) is 0 Å². The molecule has 2 atom stereocenters. The van der Waals surface area contributed by atoms with Crippen molar-refractivity contribution < 1.29 is 5.11 Å². The molecule has 1 heterocycles. The van der Waals surface area contributed by atoms with Gasteiger partial charge in [-0.3, -0.25) is 0 Å². The van der Waals surface area contributed by atoms with Crippen molar-refractivity contribution in [2.75, 3.05) is 18.5 Å². The van der Waals surface area contributed by atoms with Crippen LogP contribution in [-0.4, -0.2) is 28.2 Å². The molecule has 104 valence electrons. The number of nitrogens with zero attached hydrogens (tertiary/aromatic N) is 2. The monoisotopic (exact) mass is 261 g/mol. The van der Waals surface area contributed by atoms with E-state index in [4.69, 9.17) is 0 Å². The first kappa shape index (κ1) is 12.9. The second kappa shape index (κ2) is 5.87. The maximum absolute atomic E-state index is 9.37.